The molecule has 0 bridgehead atoms. The van der Waals surface area contributed by atoms with Crippen LogP contribution in [0.15, 0.2) is 24.3 Å². The number of carbonyl (C=O) groups excluding carboxylic acids is 1. The molecular weight excluding hydrogens is 252 g/mol. The Morgan fingerprint density at radius 3 is 2.45 bits per heavy atom. The van der Waals surface area contributed by atoms with Gasteiger partial charge in [0.25, 0.3) is 0 Å². The first-order valence-corrected chi connectivity index (χ1v) is 7.35. The first-order chi connectivity index (χ1) is 9.67. The molecule has 4 nitrogen and oxygen atoms in total. The van der Waals surface area contributed by atoms with Gasteiger partial charge < -0.3 is 10.4 Å². The fourth-order valence-corrected chi connectivity index (χ4v) is 2.50. The van der Waals surface area contributed by atoms with Crippen molar-refractivity contribution in [1.82, 2.24) is 10.2 Å². The van der Waals surface area contributed by atoms with E-state index in [4.69, 9.17) is 5.11 Å². The van der Waals surface area contributed by atoms with Gasteiger partial charge in [-0.25, -0.2) is 0 Å². The SMILES string of the molecule is CC1CCN(Cc2ccc(CNC(=O)CO)cc2)CC1. The van der Waals surface area contributed by atoms with Gasteiger partial charge >= 0.3 is 0 Å². The molecule has 110 valence electrons. The first-order valence-electron chi connectivity index (χ1n) is 7.35. The minimum Gasteiger partial charge on any atom is -0.387 e. The molecule has 0 atom stereocenters. The quantitative estimate of drug-likeness (QED) is 0.857. The van der Waals surface area contributed by atoms with Crippen LogP contribution >= 0.6 is 0 Å². The lowest BCUT2D eigenvalue weighted by molar-refractivity contribution is -0.123. The van der Waals surface area contributed by atoms with E-state index in [1.165, 1.54) is 31.5 Å². The lowest BCUT2D eigenvalue weighted by atomic mass is 9.99. The third kappa shape index (κ3) is 4.62. The van der Waals surface area contributed by atoms with Crippen LogP contribution in [0.4, 0.5) is 0 Å². The zero-order valence-electron chi connectivity index (χ0n) is 12.1. The van der Waals surface area contributed by atoms with Crippen LogP contribution in [0.3, 0.4) is 0 Å². The topological polar surface area (TPSA) is 52.6 Å². The van der Waals surface area contributed by atoms with Crippen molar-refractivity contribution in [3.8, 4) is 0 Å². The summed E-state index contributed by atoms with van der Waals surface area (Å²) in [4.78, 5) is 13.5. The number of hydrogen-bond acceptors (Lipinski definition) is 3. The normalized spacial score (nSPS) is 17.1. The maximum Gasteiger partial charge on any atom is 0.245 e. The zero-order chi connectivity index (χ0) is 14.4. The van der Waals surface area contributed by atoms with Crippen molar-refractivity contribution in [3.05, 3.63) is 35.4 Å². The lowest BCUT2D eigenvalue weighted by Gasteiger charge is -2.30. The Labute approximate surface area is 120 Å². The van der Waals surface area contributed by atoms with E-state index < -0.39 is 6.61 Å². The van der Waals surface area contributed by atoms with Crippen molar-refractivity contribution in [2.75, 3.05) is 19.7 Å². The number of likely N-dealkylation sites (tertiary alicyclic amines) is 1. The molecule has 1 heterocycles. The van der Waals surface area contributed by atoms with Gasteiger partial charge in [-0.1, -0.05) is 31.2 Å². The molecule has 1 aliphatic rings. The van der Waals surface area contributed by atoms with Gasteiger partial charge in [-0.15, -0.1) is 0 Å². The summed E-state index contributed by atoms with van der Waals surface area (Å²) >= 11 is 0. The van der Waals surface area contributed by atoms with Crippen LogP contribution in [-0.4, -0.2) is 35.6 Å². The van der Waals surface area contributed by atoms with Crippen LogP contribution < -0.4 is 5.32 Å². The molecule has 0 aromatic heterocycles. The number of nitrogens with one attached hydrogen (secondary N) is 1. The third-order valence-electron chi connectivity index (χ3n) is 3.94. The Bertz CT molecular complexity index is 423. The maximum absolute atomic E-state index is 11.0. The van der Waals surface area contributed by atoms with Crippen LogP contribution in [0.2, 0.25) is 0 Å². The summed E-state index contributed by atoms with van der Waals surface area (Å²) < 4.78 is 0. The highest BCUT2D eigenvalue weighted by atomic mass is 16.3. The second-order valence-electron chi connectivity index (χ2n) is 5.71. The maximum atomic E-state index is 11.0. The molecule has 1 fully saturated rings. The Hall–Kier alpha value is -1.39. The second kappa shape index (κ2) is 7.41. The fraction of sp³-hybridized carbons (Fsp3) is 0.562. The summed E-state index contributed by atoms with van der Waals surface area (Å²) in [7, 11) is 0. The van der Waals surface area contributed by atoms with Gasteiger partial charge in [-0.05, 0) is 43.0 Å². The van der Waals surface area contributed by atoms with Gasteiger partial charge in [-0.2, -0.15) is 0 Å². The molecule has 0 unspecified atom stereocenters. The van der Waals surface area contributed by atoms with Crippen LogP contribution in [0, 0.1) is 5.92 Å². The molecule has 0 saturated carbocycles. The van der Waals surface area contributed by atoms with E-state index in [9.17, 15) is 4.79 Å². The first kappa shape index (κ1) is 15.0. The van der Waals surface area contributed by atoms with E-state index in [2.05, 4.69) is 29.3 Å². The van der Waals surface area contributed by atoms with Gasteiger partial charge in [0.15, 0.2) is 0 Å². The number of benzene rings is 1. The Balaban J connectivity index is 1.80. The van der Waals surface area contributed by atoms with E-state index in [0.717, 1.165) is 18.0 Å². The standard InChI is InChI=1S/C16H24N2O2/c1-13-6-8-18(9-7-13)11-15-4-2-14(3-5-15)10-17-16(20)12-19/h2-5,13,19H,6-12H2,1H3,(H,17,20). The average molecular weight is 276 g/mol. The average Bonchev–Trinajstić information content (AvgIpc) is 2.48. The molecule has 0 aliphatic carbocycles. The van der Waals surface area contributed by atoms with Crippen molar-refractivity contribution in [3.63, 3.8) is 0 Å². The molecular formula is C16H24N2O2. The molecule has 1 amide bonds. The summed E-state index contributed by atoms with van der Waals surface area (Å²) in [6.45, 7) is 5.74. The van der Waals surface area contributed by atoms with Gasteiger partial charge in [0, 0.05) is 13.1 Å². The smallest absolute Gasteiger partial charge is 0.245 e. The van der Waals surface area contributed by atoms with Crippen molar-refractivity contribution < 1.29 is 9.90 Å². The molecule has 1 aromatic rings. The molecule has 1 aliphatic heterocycles. The van der Waals surface area contributed by atoms with Gasteiger partial charge in [0.05, 0.1) is 0 Å². The van der Waals surface area contributed by atoms with E-state index in [1.807, 2.05) is 12.1 Å². The minimum atomic E-state index is -0.453. The number of aliphatic hydroxyl groups excluding tert-OH is 1. The monoisotopic (exact) mass is 276 g/mol. The van der Waals surface area contributed by atoms with Crippen molar-refractivity contribution in [1.29, 1.82) is 0 Å². The summed E-state index contributed by atoms with van der Waals surface area (Å²) in [5, 5.41) is 11.3. The predicted octanol–water partition coefficient (Wildman–Crippen LogP) is 1.53. The van der Waals surface area contributed by atoms with Gasteiger partial charge in [0.2, 0.25) is 5.91 Å². The molecule has 2 N–H and O–H groups in total. The van der Waals surface area contributed by atoms with Crippen molar-refractivity contribution in [2.24, 2.45) is 5.92 Å². The highest BCUT2D eigenvalue weighted by molar-refractivity contribution is 5.76. The molecule has 1 saturated heterocycles. The van der Waals surface area contributed by atoms with E-state index in [-0.39, 0.29) is 5.91 Å². The molecule has 0 radical (unpaired) electrons. The van der Waals surface area contributed by atoms with Crippen LogP contribution in [0.1, 0.15) is 30.9 Å². The van der Waals surface area contributed by atoms with E-state index in [1.54, 1.807) is 0 Å². The fourth-order valence-electron chi connectivity index (χ4n) is 2.50. The summed E-state index contributed by atoms with van der Waals surface area (Å²) in [6.07, 6.45) is 2.59. The lowest BCUT2D eigenvalue weighted by Crippen LogP contribution is -2.32. The highest BCUT2D eigenvalue weighted by Gasteiger charge is 2.15. The Morgan fingerprint density at radius 1 is 1.25 bits per heavy atom. The molecule has 4 heteroatoms. The Morgan fingerprint density at radius 2 is 1.85 bits per heavy atom. The van der Waals surface area contributed by atoms with E-state index in [0.29, 0.717) is 6.54 Å². The van der Waals surface area contributed by atoms with E-state index >= 15 is 0 Å². The second-order valence-corrected chi connectivity index (χ2v) is 5.71. The van der Waals surface area contributed by atoms with Crippen molar-refractivity contribution in [2.45, 2.75) is 32.9 Å². The molecule has 0 spiro atoms. The van der Waals surface area contributed by atoms with Crippen LogP contribution in [0.25, 0.3) is 0 Å². The number of nitrogens with zero attached hydrogens (tertiary/aromatic N) is 1. The Kier molecular flexibility index (Phi) is 5.56. The van der Waals surface area contributed by atoms with Crippen molar-refractivity contribution >= 4 is 5.91 Å². The molecule has 20 heavy (non-hydrogen) atoms. The van der Waals surface area contributed by atoms with Gasteiger partial charge in [0.1, 0.15) is 6.61 Å². The van der Waals surface area contributed by atoms with Crippen LogP contribution in [-0.2, 0) is 17.9 Å². The van der Waals surface area contributed by atoms with Crippen LogP contribution in [0.5, 0.6) is 0 Å². The predicted molar refractivity (Wildman–Crippen MR) is 79.0 cm³/mol. The van der Waals surface area contributed by atoms with Gasteiger partial charge in [-0.3, -0.25) is 9.69 Å². The zero-order valence-corrected chi connectivity index (χ0v) is 12.1. The number of rotatable bonds is 5. The summed E-state index contributed by atoms with van der Waals surface area (Å²) in [6, 6.07) is 8.33. The molecule has 1 aromatic carbocycles. The number of piperidine rings is 1. The summed E-state index contributed by atoms with van der Waals surface area (Å²) in [5.41, 5.74) is 2.37. The number of hydrogen-bond donors (Lipinski definition) is 2. The molecule has 2 rings (SSSR count). The minimum absolute atomic E-state index is 0.337. The number of aliphatic hydroxyl groups is 1. The highest BCUT2D eigenvalue weighted by Crippen LogP contribution is 2.18. The largest absolute Gasteiger partial charge is 0.387 e. The number of amides is 1. The summed E-state index contributed by atoms with van der Waals surface area (Å²) in [5.74, 6) is 0.528. The third-order valence-corrected chi connectivity index (χ3v) is 3.94. The number of carbonyl (C=O) groups is 1.